The van der Waals surface area contributed by atoms with E-state index in [9.17, 15) is 9.59 Å². The molecular weight excluding hydrogens is 368 g/mol. The Bertz CT molecular complexity index is 1030. The van der Waals surface area contributed by atoms with Crippen LogP contribution in [0.4, 0.5) is 5.00 Å². The van der Waals surface area contributed by atoms with Crippen LogP contribution in [0.1, 0.15) is 5.69 Å². The number of hydrogen-bond acceptors (Lipinski definition) is 7. The lowest BCUT2D eigenvalue weighted by Crippen LogP contribution is -2.29. The molecule has 0 atom stereocenters. The number of anilines is 1. The van der Waals surface area contributed by atoms with Crippen LogP contribution < -0.4 is 20.3 Å². The van der Waals surface area contributed by atoms with Crippen molar-refractivity contribution < 1.29 is 14.3 Å². The molecule has 1 amide bonds. The molecule has 3 rings (SSSR count). The molecule has 27 heavy (non-hydrogen) atoms. The normalized spacial score (nSPS) is 10.5. The van der Waals surface area contributed by atoms with Crippen LogP contribution in [-0.2, 0) is 11.3 Å². The molecule has 0 fully saturated rings. The predicted octanol–water partition coefficient (Wildman–Crippen LogP) is 2.33. The van der Waals surface area contributed by atoms with Gasteiger partial charge >= 0.3 is 0 Å². The molecule has 0 radical (unpaired) electrons. The van der Waals surface area contributed by atoms with E-state index >= 15 is 0 Å². The highest BCUT2D eigenvalue weighted by Gasteiger charge is 2.11. The zero-order chi connectivity index (χ0) is 19.4. The molecule has 3 aromatic rings. The number of aryl methyl sites for hydroxylation is 1. The number of aromatic nitrogens is 3. The van der Waals surface area contributed by atoms with Crippen molar-refractivity contribution in [3.8, 4) is 22.8 Å². The van der Waals surface area contributed by atoms with Crippen molar-refractivity contribution in [3.05, 3.63) is 52.4 Å². The number of nitrogens with one attached hydrogen (secondary N) is 1. The zero-order valence-corrected chi connectivity index (χ0v) is 15.9. The second-order valence-corrected chi connectivity index (χ2v) is 6.47. The summed E-state index contributed by atoms with van der Waals surface area (Å²) < 4.78 is 15.7. The first-order valence-corrected chi connectivity index (χ1v) is 8.81. The van der Waals surface area contributed by atoms with Crippen LogP contribution in [0.5, 0.6) is 11.5 Å². The van der Waals surface area contributed by atoms with E-state index in [0.717, 1.165) is 15.9 Å². The van der Waals surface area contributed by atoms with E-state index in [1.54, 1.807) is 44.6 Å². The Morgan fingerprint density at radius 3 is 2.59 bits per heavy atom. The monoisotopic (exact) mass is 386 g/mol. The van der Waals surface area contributed by atoms with Gasteiger partial charge in [0.05, 0.1) is 25.6 Å². The Morgan fingerprint density at radius 1 is 1.15 bits per heavy atom. The lowest BCUT2D eigenvalue weighted by molar-refractivity contribution is -0.116. The van der Waals surface area contributed by atoms with Crippen LogP contribution in [0, 0.1) is 6.92 Å². The molecule has 0 aliphatic carbocycles. The van der Waals surface area contributed by atoms with Crippen molar-refractivity contribution in [2.24, 2.45) is 0 Å². The molecule has 140 valence electrons. The third-order valence-electron chi connectivity index (χ3n) is 3.73. The number of nitrogens with zero attached hydrogens (tertiary/aromatic N) is 3. The summed E-state index contributed by atoms with van der Waals surface area (Å²) in [7, 11) is 3.10. The number of rotatable bonds is 6. The van der Waals surface area contributed by atoms with Crippen molar-refractivity contribution in [3.63, 3.8) is 0 Å². The van der Waals surface area contributed by atoms with Crippen LogP contribution in [0.2, 0.25) is 0 Å². The minimum absolute atomic E-state index is 0.198. The maximum Gasteiger partial charge on any atom is 0.267 e. The van der Waals surface area contributed by atoms with E-state index in [2.05, 4.69) is 14.8 Å². The number of hydrogen-bond donors (Lipinski definition) is 1. The van der Waals surface area contributed by atoms with Crippen molar-refractivity contribution in [2.75, 3.05) is 19.5 Å². The first kappa shape index (κ1) is 18.6. The molecule has 0 saturated heterocycles. The van der Waals surface area contributed by atoms with Crippen LogP contribution in [0.3, 0.4) is 0 Å². The minimum atomic E-state index is -0.366. The summed E-state index contributed by atoms with van der Waals surface area (Å²) in [6.07, 6.45) is 0. The number of methoxy groups -OCH3 is 2. The Morgan fingerprint density at radius 2 is 1.93 bits per heavy atom. The second kappa shape index (κ2) is 8.00. The Balaban J connectivity index is 1.84. The van der Waals surface area contributed by atoms with Crippen LogP contribution >= 0.6 is 11.5 Å². The molecule has 2 aromatic heterocycles. The first-order valence-electron chi connectivity index (χ1n) is 8.04. The van der Waals surface area contributed by atoms with Crippen LogP contribution in [-0.4, -0.2) is 34.3 Å². The van der Waals surface area contributed by atoms with Gasteiger partial charge in [-0.15, -0.1) is 0 Å². The van der Waals surface area contributed by atoms with Gasteiger partial charge in [-0.1, -0.05) is 0 Å². The first-order chi connectivity index (χ1) is 13.0. The lowest BCUT2D eigenvalue weighted by Gasteiger charge is -2.10. The predicted molar refractivity (Wildman–Crippen MR) is 103 cm³/mol. The molecule has 2 heterocycles. The highest BCUT2D eigenvalue weighted by molar-refractivity contribution is 7.10. The molecule has 8 nitrogen and oxygen atoms in total. The van der Waals surface area contributed by atoms with Crippen molar-refractivity contribution in [1.82, 2.24) is 14.2 Å². The number of ether oxygens (including phenoxy) is 2. The molecule has 9 heteroatoms. The third-order valence-corrected chi connectivity index (χ3v) is 4.53. The fraction of sp³-hybridized carbons (Fsp3) is 0.222. The molecule has 0 aliphatic rings. The van der Waals surface area contributed by atoms with Gasteiger partial charge in [0.25, 0.3) is 5.56 Å². The molecule has 0 spiro atoms. The summed E-state index contributed by atoms with van der Waals surface area (Å²) in [6.45, 7) is 1.64. The average Bonchev–Trinajstić information content (AvgIpc) is 3.07. The summed E-state index contributed by atoms with van der Waals surface area (Å²) >= 11 is 1.18. The lowest BCUT2D eigenvalue weighted by atomic mass is 10.1. The van der Waals surface area contributed by atoms with E-state index in [-0.39, 0.29) is 18.0 Å². The van der Waals surface area contributed by atoms with Gasteiger partial charge in [0.15, 0.2) is 11.5 Å². The standard InChI is InChI=1S/C18H18N4O4S/c1-11-8-17(27-21-11)19-16(23)10-22-18(24)7-5-13(20-22)12-4-6-14(25-2)15(9-12)26-3/h4-9H,10H2,1-3H3,(H,19,23). The Labute approximate surface area is 159 Å². The van der Waals surface area contributed by atoms with Gasteiger partial charge in [-0.05, 0) is 48.8 Å². The summed E-state index contributed by atoms with van der Waals surface area (Å²) in [6, 6.07) is 10.1. The average molecular weight is 386 g/mol. The largest absolute Gasteiger partial charge is 0.493 e. The molecule has 0 aliphatic heterocycles. The zero-order valence-electron chi connectivity index (χ0n) is 15.1. The van der Waals surface area contributed by atoms with E-state index in [1.165, 1.54) is 17.6 Å². The molecule has 1 N–H and O–H groups in total. The SMILES string of the molecule is COc1ccc(-c2ccc(=O)n(CC(=O)Nc3cc(C)ns3)n2)cc1OC. The van der Waals surface area contributed by atoms with E-state index in [4.69, 9.17) is 9.47 Å². The molecular formula is C18H18N4O4S. The van der Waals surface area contributed by atoms with Gasteiger partial charge in [-0.3, -0.25) is 9.59 Å². The topological polar surface area (TPSA) is 95.3 Å². The summed E-state index contributed by atoms with van der Waals surface area (Å²) in [4.78, 5) is 24.3. The Hall–Kier alpha value is -3.20. The van der Waals surface area contributed by atoms with Gasteiger partial charge in [-0.25, -0.2) is 4.68 Å². The highest BCUT2D eigenvalue weighted by atomic mass is 32.1. The van der Waals surface area contributed by atoms with E-state index in [1.807, 2.05) is 6.92 Å². The summed E-state index contributed by atoms with van der Waals surface area (Å²) in [5, 5.41) is 7.63. The van der Waals surface area contributed by atoms with Crippen molar-refractivity contribution >= 4 is 22.4 Å². The summed E-state index contributed by atoms with van der Waals surface area (Å²) in [5.41, 5.74) is 1.73. The quantitative estimate of drug-likeness (QED) is 0.699. The molecule has 1 aromatic carbocycles. The van der Waals surface area contributed by atoms with Crippen molar-refractivity contribution in [2.45, 2.75) is 13.5 Å². The molecule has 0 saturated carbocycles. The molecule has 0 unspecified atom stereocenters. The highest BCUT2D eigenvalue weighted by Crippen LogP contribution is 2.31. The molecule has 0 bridgehead atoms. The van der Waals surface area contributed by atoms with Gasteiger partial charge in [0.2, 0.25) is 5.91 Å². The minimum Gasteiger partial charge on any atom is -0.493 e. The van der Waals surface area contributed by atoms with Crippen molar-refractivity contribution in [1.29, 1.82) is 0 Å². The smallest absolute Gasteiger partial charge is 0.267 e. The van der Waals surface area contributed by atoms with Gasteiger partial charge < -0.3 is 14.8 Å². The summed E-state index contributed by atoms with van der Waals surface area (Å²) in [5.74, 6) is 0.791. The third kappa shape index (κ3) is 4.32. The Kier molecular flexibility index (Phi) is 5.51. The van der Waals surface area contributed by atoms with Crippen LogP contribution in [0.15, 0.2) is 41.2 Å². The maximum absolute atomic E-state index is 12.2. The maximum atomic E-state index is 12.2. The van der Waals surface area contributed by atoms with E-state index in [0.29, 0.717) is 22.2 Å². The number of carbonyl (C=O) groups is 1. The van der Waals surface area contributed by atoms with Gasteiger partial charge in [0, 0.05) is 11.6 Å². The van der Waals surface area contributed by atoms with Gasteiger partial charge in [-0.2, -0.15) is 9.47 Å². The number of amides is 1. The van der Waals surface area contributed by atoms with Crippen LogP contribution in [0.25, 0.3) is 11.3 Å². The number of carbonyl (C=O) groups excluding carboxylic acids is 1. The van der Waals surface area contributed by atoms with E-state index < -0.39 is 0 Å². The van der Waals surface area contributed by atoms with Gasteiger partial charge in [0.1, 0.15) is 11.5 Å². The fourth-order valence-electron chi connectivity index (χ4n) is 2.45. The second-order valence-electron chi connectivity index (χ2n) is 5.66. The fourth-order valence-corrected chi connectivity index (χ4v) is 3.12. The number of benzene rings is 1.